The molecular weight excluding hydrogens is 402 g/mol. The van der Waals surface area contributed by atoms with E-state index in [1.807, 2.05) is 24.3 Å². The fraction of sp³-hybridized carbons (Fsp3) is 0.167. The molecule has 1 heterocycles. The van der Waals surface area contributed by atoms with Gasteiger partial charge in [-0.3, -0.25) is 4.79 Å². The van der Waals surface area contributed by atoms with Crippen molar-refractivity contribution in [2.24, 2.45) is 0 Å². The van der Waals surface area contributed by atoms with Crippen LogP contribution in [0.15, 0.2) is 51.5 Å². The van der Waals surface area contributed by atoms with Crippen LogP contribution in [0.3, 0.4) is 0 Å². The van der Waals surface area contributed by atoms with Crippen LogP contribution >= 0.6 is 15.9 Å². The Labute approximate surface area is 158 Å². The van der Waals surface area contributed by atoms with Crippen LogP contribution in [0.5, 0.6) is 11.5 Å². The molecule has 134 valence electrons. The van der Waals surface area contributed by atoms with Gasteiger partial charge in [0, 0.05) is 15.6 Å². The van der Waals surface area contributed by atoms with Crippen LogP contribution < -0.4 is 14.8 Å². The number of aromatic nitrogens is 2. The maximum atomic E-state index is 12.3. The fourth-order valence-corrected chi connectivity index (χ4v) is 2.71. The highest BCUT2D eigenvalue weighted by Gasteiger charge is 2.13. The summed E-state index contributed by atoms with van der Waals surface area (Å²) in [6.07, 6.45) is 0. The third kappa shape index (κ3) is 4.02. The quantitative estimate of drug-likeness (QED) is 0.660. The highest BCUT2D eigenvalue weighted by Crippen LogP contribution is 2.27. The molecule has 0 fully saturated rings. The topological polar surface area (TPSA) is 86.5 Å². The van der Waals surface area contributed by atoms with Crippen LogP contribution in [-0.2, 0) is 6.54 Å². The van der Waals surface area contributed by atoms with Gasteiger partial charge in [-0.2, -0.15) is 4.98 Å². The first-order valence-corrected chi connectivity index (χ1v) is 8.48. The van der Waals surface area contributed by atoms with E-state index in [9.17, 15) is 4.79 Å². The number of hydrogen-bond acceptors (Lipinski definition) is 6. The van der Waals surface area contributed by atoms with E-state index in [1.54, 1.807) is 18.2 Å². The van der Waals surface area contributed by atoms with Gasteiger partial charge in [0.1, 0.15) is 0 Å². The molecule has 2 aromatic carbocycles. The van der Waals surface area contributed by atoms with E-state index < -0.39 is 0 Å². The van der Waals surface area contributed by atoms with Crippen molar-refractivity contribution >= 4 is 21.8 Å². The molecule has 1 aromatic heterocycles. The summed E-state index contributed by atoms with van der Waals surface area (Å²) in [5, 5.41) is 6.67. The van der Waals surface area contributed by atoms with Crippen molar-refractivity contribution in [2.45, 2.75) is 6.54 Å². The fourth-order valence-electron chi connectivity index (χ4n) is 2.31. The van der Waals surface area contributed by atoms with Crippen molar-refractivity contribution < 1.29 is 18.8 Å². The summed E-state index contributed by atoms with van der Waals surface area (Å²) in [7, 11) is 3.05. The Kier molecular flexibility index (Phi) is 5.52. The number of ether oxygens (including phenoxy) is 2. The van der Waals surface area contributed by atoms with Crippen molar-refractivity contribution in [3.05, 3.63) is 58.4 Å². The molecule has 0 saturated carbocycles. The monoisotopic (exact) mass is 417 g/mol. The number of amides is 1. The first-order chi connectivity index (χ1) is 12.6. The number of carbonyl (C=O) groups excluding carboxylic acids is 1. The molecule has 0 unspecified atom stereocenters. The molecule has 0 spiro atoms. The third-order valence-corrected chi connectivity index (χ3v) is 4.09. The number of carbonyl (C=O) groups is 1. The Balaban J connectivity index is 1.67. The van der Waals surface area contributed by atoms with Crippen molar-refractivity contribution in [3.63, 3.8) is 0 Å². The zero-order chi connectivity index (χ0) is 18.5. The first-order valence-electron chi connectivity index (χ1n) is 7.69. The smallest absolute Gasteiger partial charge is 0.251 e. The van der Waals surface area contributed by atoms with Gasteiger partial charge in [-0.05, 0) is 30.3 Å². The number of methoxy groups -OCH3 is 2. The summed E-state index contributed by atoms with van der Waals surface area (Å²) in [4.78, 5) is 16.6. The van der Waals surface area contributed by atoms with Gasteiger partial charge in [0.25, 0.3) is 5.91 Å². The van der Waals surface area contributed by atoms with Gasteiger partial charge >= 0.3 is 0 Å². The predicted molar refractivity (Wildman–Crippen MR) is 98.2 cm³/mol. The minimum Gasteiger partial charge on any atom is -0.493 e. The van der Waals surface area contributed by atoms with Gasteiger partial charge in [0.2, 0.25) is 11.7 Å². The molecule has 0 saturated heterocycles. The number of hydrogen-bond donors (Lipinski definition) is 1. The Morgan fingerprint density at radius 3 is 2.69 bits per heavy atom. The van der Waals surface area contributed by atoms with Crippen molar-refractivity contribution in [3.8, 4) is 22.9 Å². The molecule has 26 heavy (non-hydrogen) atoms. The van der Waals surface area contributed by atoms with Gasteiger partial charge in [-0.1, -0.05) is 33.2 Å². The molecular formula is C18H16BrN3O4. The molecule has 0 aliphatic carbocycles. The molecule has 0 atom stereocenters. The van der Waals surface area contributed by atoms with Crippen LogP contribution in [-0.4, -0.2) is 30.3 Å². The van der Waals surface area contributed by atoms with Gasteiger partial charge in [0.05, 0.1) is 20.8 Å². The van der Waals surface area contributed by atoms with Crippen LogP contribution in [0.25, 0.3) is 11.4 Å². The second kappa shape index (κ2) is 8.01. The molecule has 0 bridgehead atoms. The van der Waals surface area contributed by atoms with Crippen LogP contribution in [0, 0.1) is 0 Å². The molecule has 1 amide bonds. The van der Waals surface area contributed by atoms with Crippen LogP contribution in [0.2, 0.25) is 0 Å². The summed E-state index contributed by atoms with van der Waals surface area (Å²) >= 11 is 3.40. The second-order valence-corrected chi connectivity index (χ2v) is 6.19. The third-order valence-electron chi connectivity index (χ3n) is 3.60. The van der Waals surface area contributed by atoms with Gasteiger partial charge < -0.3 is 19.3 Å². The van der Waals surface area contributed by atoms with Crippen molar-refractivity contribution in [2.75, 3.05) is 14.2 Å². The second-order valence-electron chi connectivity index (χ2n) is 5.27. The zero-order valence-corrected chi connectivity index (χ0v) is 15.7. The summed E-state index contributed by atoms with van der Waals surface area (Å²) in [5.41, 5.74) is 1.26. The summed E-state index contributed by atoms with van der Waals surface area (Å²) < 4.78 is 16.5. The lowest BCUT2D eigenvalue weighted by atomic mass is 10.2. The molecule has 8 heteroatoms. The van der Waals surface area contributed by atoms with Crippen LogP contribution in [0.4, 0.5) is 0 Å². The average molecular weight is 418 g/mol. The summed E-state index contributed by atoms with van der Waals surface area (Å²) in [6.45, 7) is 0.119. The highest BCUT2D eigenvalue weighted by atomic mass is 79.9. The van der Waals surface area contributed by atoms with E-state index in [2.05, 4.69) is 31.4 Å². The molecule has 7 nitrogen and oxygen atoms in total. The van der Waals surface area contributed by atoms with Crippen molar-refractivity contribution in [1.82, 2.24) is 15.5 Å². The number of benzene rings is 2. The molecule has 0 aliphatic rings. The lowest BCUT2D eigenvalue weighted by Gasteiger charge is -2.09. The molecule has 0 radical (unpaired) electrons. The van der Waals surface area contributed by atoms with E-state index in [1.165, 1.54) is 14.2 Å². The lowest BCUT2D eigenvalue weighted by molar-refractivity contribution is 0.0946. The predicted octanol–water partition coefficient (Wildman–Crippen LogP) is 3.45. The van der Waals surface area contributed by atoms with E-state index in [-0.39, 0.29) is 12.5 Å². The standard InChI is InChI=1S/C18H16BrN3O4/c1-24-14-7-6-12(9-15(14)25-2)18(23)20-10-16-21-17(22-26-16)11-4-3-5-13(19)8-11/h3-9H,10H2,1-2H3,(H,20,23). The maximum Gasteiger partial charge on any atom is 0.251 e. The average Bonchev–Trinajstić information content (AvgIpc) is 3.14. The van der Waals surface area contributed by atoms with E-state index in [0.717, 1.165) is 10.0 Å². The largest absolute Gasteiger partial charge is 0.493 e. The van der Waals surface area contributed by atoms with Gasteiger partial charge in [0.15, 0.2) is 11.5 Å². The Bertz CT molecular complexity index is 926. The Morgan fingerprint density at radius 2 is 1.96 bits per heavy atom. The number of halogens is 1. The summed E-state index contributed by atoms with van der Waals surface area (Å²) in [6, 6.07) is 12.5. The van der Waals surface area contributed by atoms with Gasteiger partial charge in [-0.25, -0.2) is 0 Å². The number of nitrogens with one attached hydrogen (secondary N) is 1. The highest BCUT2D eigenvalue weighted by molar-refractivity contribution is 9.10. The summed E-state index contributed by atoms with van der Waals surface area (Å²) in [5.74, 6) is 1.53. The SMILES string of the molecule is COc1ccc(C(=O)NCc2nc(-c3cccc(Br)c3)no2)cc1OC. The van der Waals surface area contributed by atoms with E-state index >= 15 is 0 Å². The van der Waals surface area contributed by atoms with Crippen molar-refractivity contribution in [1.29, 1.82) is 0 Å². The Morgan fingerprint density at radius 1 is 1.15 bits per heavy atom. The van der Waals surface area contributed by atoms with E-state index in [0.29, 0.717) is 28.8 Å². The minimum atomic E-state index is -0.284. The minimum absolute atomic E-state index is 0.119. The number of rotatable bonds is 6. The molecule has 0 aliphatic heterocycles. The van der Waals surface area contributed by atoms with E-state index in [4.69, 9.17) is 14.0 Å². The zero-order valence-electron chi connectivity index (χ0n) is 14.2. The van der Waals surface area contributed by atoms with Crippen LogP contribution in [0.1, 0.15) is 16.2 Å². The number of nitrogens with zero attached hydrogens (tertiary/aromatic N) is 2. The Hall–Kier alpha value is -2.87. The molecule has 3 rings (SSSR count). The lowest BCUT2D eigenvalue weighted by Crippen LogP contribution is -2.23. The molecule has 1 N–H and O–H groups in total. The maximum absolute atomic E-state index is 12.3. The molecule has 3 aromatic rings. The normalized spacial score (nSPS) is 10.4. The van der Waals surface area contributed by atoms with Gasteiger partial charge in [-0.15, -0.1) is 0 Å². The first kappa shape index (κ1) is 17.9.